The summed E-state index contributed by atoms with van der Waals surface area (Å²) in [6.07, 6.45) is 1.94. The van der Waals surface area contributed by atoms with Crippen LogP contribution >= 0.6 is 0 Å². The molecule has 1 aromatic heterocycles. The number of hydrogen-bond acceptors (Lipinski definition) is 7. The summed E-state index contributed by atoms with van der Waals surface area (Å²) >= 11 is 0. The van der Waals surface area contributed by atoms with Crippen LogP contribution < -0.4 is 10.1 Å². The van der Waals surface area contributed by atoms with Gasteiger partial charge in [0.15, 0.2) is 0 Å². The van der Waals surface area contributed by atoms with Gasteiger partial charge in [-0.05, 0) is 18.9 Å². The van der Waals surface area contributed by atoms with Crippen molar-refractivity contribution >= 4 is 11.9 Å². The van der Waals surface area contributed by atoms with Crippen molar-refractivity contribution in [3.05, 3.63) is 54.1 Å². The molecule has 0 aliphatic carbocycles. The first-order valence-electron chi connectivity index (χ1n) is 10.6. The highest BCUT2D eigenvalue weighted by molar-refractivity contribution is 5.92. The lowest BCUT2D eigenvalue weighted by Crippen LogP contribution is -2.52. The molecule has 0 saturated carbocycles. The molecule has 0 bridgehead atoms. The van der Waals surface area contributed by atoms with Gasteiger partial charge in [0.25, 0.3) is 5.91 Å². The molecule has 12 heteroatoms. The number of piperidine rings is 1. The molecule has 1 fully saturated rings. The van der Waals surface area contributed by atoms with E-state index in [4.69, 9.17) is 19.7 Å². The second kappa shape index (κ2) is 10.8. The van der Waals surface area contributed by atoms with E-state index >= 15 is 0 Å². The number of benzene rings is 1. The number of carbonyl (C=O) groups is 2. The van der Waals surface area contributed by atoms with Gasteiger partial charge in [-0.1, -0.05) is 18.2 Å². The molecule has 2 aromatic rings. The van der Waals surface area contributed by atoms with E-state index in [1.165, 1.54) is 12.4 Å². The molecule has 1 saturated heterocycles. The lowest BCUT2D eigenvalue weighted by Gasteiger charge is -2.47. The molecule has 1 aromatic carbocycles. The van der Waals surface area contributed by atoms with Crippen LogP contribution in [0.25, 0.3) is 0 Å². The molecule has 2 aliphatic rings. The highest BCUT2D eigenvalue weighted by atomic mass is 19.4. The number of likely N-dealkylation sites (tertiary alicyclic amines) is 1. The third kappa shape index (κ3) is 6.41. The standard InChI is InChI=1S/C20H24N4O3.C2HF3O2/c25-12-11-24-9-5-20(6-10-24)13-16(15-3-1-2-4-18(15)27-20)23-19(26)17-14-21-7-8-22-17;3-2(4,5)1(6)7/h1-4,7-8,14,16,25H,5-6,9-13H2,(H,23,26);(H,6,7). The Balaban J connectivity index is 0.000000406. The zero-order chi connectivity index (χ0) is 24.8. The van der Waals surface area contributed by atoms with Crippen LogP contribution in [0, 0.1) is 0 Å². The Morgan fingerprint density at radius 3 is 2.47 bits per heavy atom. The van der Waals surface area contributed by atoms with Crippen LogP contribution in [0.4, 0.5) is 13.2 Å². The zero-order valence-electron chi connectivity index (χ0n) is 18.2. The van der Waals surface area contributed by atoms with Gasteiger partial charge < -0.3 is 25.2 Å². The van der Waals surface area contributed by atoms with Crippen LogP contribution in [0.5, 0.6) is 5.75 Å². The number of nitrogens with zero attached hydrogens (tertiary/aromatic N) is 3. The van der Waals surface area contributed by atoms with E-state index in [0.717, 1.165) is 43.7 Å². The van der Waals surface area contributed by atoms with Gasteiger partial charge in [-0.25, -0.2) is 9.78 Å². The molecule has 4 rings (SSSR count). The summed E-state index contributed by atoms with van der Waals surface area (Å²) in [5.74, 6) is -2.14. The molecule has 3 heterocycles. The average Bonchev–Trinajstić information content (AvgIpc) is 2.81. The number of alkyl halides is 3. The van der Waals surface area contributed by atoms with Gasteiger partial charge in [0.2, 0.25) is 0 Å². The number of carbonyl (C=O) groups excluding carboxylic acids is 1. The van der Waals surface area contributed by atoms with Gasteiger partial charge in [-0.3, -0.25) is 9.78 Å². The fraction of sp³-hybridized carbons (Fsp3) is 0.455. The monoisotopic (exact) mass is 482 g/mol. The minimum atomic E-state index is -5.08. The lowest BCUT2D eigenvalue weighted by atomic mass is 9.80. The summed E-state index contributed by atoms with van der Waals surface area (Å²) in [6, 6.07) is 7.77. The molecule has 9 nitrogen and oxygen atoms in total. The second-order valence-electron chi connectivity index (χ2n) is 8.01. The SMILES string of the molecule is O=C(NC1CC2(CCN(CCO)CC2)Oc2ccccc21)c1cnccn1.O=C(O)C(F)(F)F. The maximum absolute atomic E-state index is 12.6. The highest BCUT2D eigenvalue weighted by Gasteiger charge is 2.43. The fourth-order valence-electron chi connectivity index (χ4n) is 4.03. The van der Waals surface area contributed by atoms with Gasteiger partial charge in [0, 0.05) is 44.0 Å². The maximum atomic E-state index is 12.6. The van der Waals surface area contributed by atoms with E-state index in [0.29, 0.717) is 12.2 Å². The summed E-state index contributed by atoms with van der Waals surface area (Å²) in [4.78, 5) is 31.9. The summed E-state index contributed by atoms with van der Waals surface area (Å²) in [5, 5.41) is 19.4. The van der Waals surface area contributed by atoms with Crippen LogP contribution in [0.1, 0.15) is 41.4 Å². The summed E-state index contributed by atoms with van der Waals surface area (Å²) in [5.41, 5.74) is 1.02. The third-order valence-corrected chi connectivity index (χ3v) is 5.72. The molecular formula is C22H25F3N4O5. The van der Waals surface area contributed by atoms with E-state index in [9.17, 15) is 18.0 Å². The first kappa shape index (κ1) is 25.4. The number of aliphatic hydroxyl groups is 1. The average molecular weight is 482 g/mol. The molecule has 1 amide bonds. The molecule has 34 heavy (non-hydrogen) atoms. The number of carboxylic acids is 1. The molecular weight excluding hydrogens is 457 g/mol. The van der Waals surface area contributed by atoms with Crippen molar-refractivity contribution in [2.75, 3.05) is 26.2 Å². The minimum absolute atomic E-state index is 0.131. The number of para-hydroxylation sites is 1. The Hall–Kier alpha value is -3.25. The summed E-state index contributed by atoms with van der Waals surface area (Å²) < 4.78 is 38.2. The zero-order valence-corrected chi connectivity index (χ0v) is 18.2. The molecule has 1 unspecified atom stereocenters. The van der Waals surface area contributed by atoms with Crippen molar-refractivity contribution in [1.29, 1.82) is 0 Å². The first-order chi connectivity index (χ1) is 16.1. The van der Waals surface area contributed by atoms with E-state index in [1.807, 2.05) is 24.3 Å². The third-order valence-electron chi connectivity index (χ3n) is 5.72. The van der Waals surface area contributed by atoms with Crippen LogP contribution in [0.3, 0.4) is 0 Å². The van der Waals surface area contributed by atoms with Crippen LogP contribution in [-0.2, 0) is 4.79 Å². The van der Waals surface area contributed by atoms with Gasteiger partial charge >= 0.3 is 12.1 Å². The number of amides is 1. The van der Waals surface area contributed by atoms with Crippen molar-refractivity contribution < 1.29 is 37.7 Å². The highest BCUT2D eigenvalue weighted by Crippen LogP contribution is 2.44. The molecule has 1 atom stereocenters. The number of hydrogen-bond donors (Lipinski definition) is 3. The molecule has 2 aliphatic heterocycles. The van der Waals surface area contributed by atoms with E-state index in [2.05, 4.69) is 20.2 Å². The normalized spacial score (nSPS) is 19.2. The van der Waals surface area contributed by atoms with Gasteiger partial charge in [-0.2, -0.15) is 13.2 Å². The van der Waals surface area contributed by atoms with Crippen LogP contribution in [0.15, 0.2) is 42.9 Å². The first-order valence-corrected chi connectivity index (χ1v) is 10.6. The largest absolute Gasteiger partial charge is 0.490 e. The van der Waals surface area contributed by atoms with Crippen molar-refractivity contribution in [3.63, 3.8) is 0 Å². The number of halogens is 3. The number of aliphatic hydroxyl groups excluding tert-OH is 1. The second-order valence-corrected chi connectivity index (χ2v) is 8.01. The lowest BCUT2D eigenvalue weighted by molar-refractivity contribution is -0.192. The minimum Gasteiger partial charge on any atom is -0.487 e. The number of ether oxygens (including phenoxy) is 1. The van der Waals surface area contributed by atoms with Crippen molar-refractivity contribution in [2.24, 2.45) is 0 Å². The van der Waals surface area contributed by atoms with E-state index in [1.54, 1.807) is 6.20 Å². The van der Waals surface area contributed by atoms with Crippen LogP contribution in [-0.4, -0.2) is 75.0 Å². The summed E-state index contributed by atoms with van der Waals surface area (Å²) in [7, 11) is 0. The molecule has 184 valence electrons. The topological polar surface area (TPSA) is 125 Å². The predicted molar refractivity (Wildman–Crippen MR) is 113 cm³/mol. The Morgan fingerprint density at radius 2 is 1.88 bits per heavy atom. The number of aliphatic carboxylic acids is 1. The summed E-state index contributed by atoms with van der Waals surface area (Å²) in [6.45, 7) is 2.63. The van der Waals surface area contributed by atoms with Gasteiger partial charge in [-0.15, -0.1) is 0 Å². The Labute approximate surface area is 193 Å². The fourth-order valence-corrected chi connectivity index (χ4v) is 4.03. The molecule has 1 spiro atoms. The van der Waals surface area contributed by atoms with Crippen molar-refractivity contribution in [3.8, 4) is 5.75 Å². The molecule has 3 N–H and O–H groups in total. The maximum Gasteiger partial charge on any atom is 0.490 e. The van der Waals surface area contributed by atoms with Crippen molar-refractivity contribution in [1.82, 2.24) is 20.2 Å². The number of carboxylic acid groups (broad SMARTS) is 1. The number of nitrogens with one attached hydrogen (secondary N) is 1. The number of rotatable bonds is 4. The van der Waals surface area contributed by atoms with Gasteiger partial charge in [0.1, 0.15) is 17.0 Å². The van der Waals surface area contributed by atoms with Crippen LogP contribution in [0.2, 0.25) is 0 Å². The Kier molecular flexibility index (Phi) is 8.05. The van der Waals surface area contributed by atoms with Gasteiger partial charge in [0.05, 0.1) is 18.8 Å². The van der Waals surface area contributed by atoms with E-state index < -0.39 is 12.1 Å². The Bertz CT molecular complexity index is 982. The molecule has 0 radical (unpaired) electrons. The number of aromatic nitrogens is 2. The van der Waals surface area contributed by atoms with E-state index in [-0.39, 0.29) is 24.2 Å². The van der Waals surface area contributed by atoms with Crippen molar-refractivity contribution in [2.45, 2.75) is 37.1 Å². The smallest absolute Gasteiger partial charge is 0.487 e. The number of fused-ring (bicyclic) bond motifs is 1. The Morgan fingerprint density at radius 1 is 1.21 bits per heavy atom. The quantitative estimate of drug-likeness (QED) is 0.606. The predicted octanol–water partition coefficient (Wildman–Crippen LogP) is 2.19. The number of β-amino-alcohol motifs (C(OH)–C–C–N with tert-alkyl or cyclic N) is 1.